The highest BCUT2D eigenvalue weighted by atomic mass is 35.5. The van der Waals surface area contributed by atoms with Gasteiger partial charge >= 0.3 is 5.97 Å². The molecule has 0 saturated carbocycles. The summed E-state index contributed by atoms with van der Waals surface area (Å²) in [5, 5.41) is 6.88. The number of aryl methyl sites for hydroxylation is 1. The van der Waals surface area contributed by atoms with Gasteiger partial charge in [-0.25, -0.2) is 10.2 Å². The summed E-state index contributed by atoms with van der Waals surface area (Å²) in [6.45, 7) is 1.56. The quantitative estimate of drug-likeness (QED) is 0.225. The minimum atomic E-state index is -0.511. The van der Waals surface area contributed by atoms with Crippen molar-refractivity contribution in [2.24, 2.45) is 5.10 Å². The largest absolute Gasteiger partial charge is 0.423 e. The van der Waals surface area contributed by atoms with Crippen LogP contribution in [-0.4, -0.2) is 30.5 Å². The predicted molar refractivity (Wildman–Crippen MR) is 127 cm³/mol. The lowest BCUT2D eigenvalue weighted by atomic mass is 10.1. The SMILES string of the molecule is Cc1ccccc1C(=O)Oc1ccc(/C=N/NC(=O)CNC(=O)c2ccc(Cl)c(Cl)c2)cc1. The molecule has 33 heavy (non-hydrogen) atoms. The molecular weight excluding hydrogens is 465 g/mol. The second-order valence-corrected chi connectivity index (χ2v) is 7.69. The molecule has 2 amide bonds. The fourth-order valence-corrected chi connectivity index (χ4v) is 3.00. The van der Waals surface area contributed by atoms with Gasteiger partial charge in [-0.1, -0.05) is 41.4 Å². The minimum absolute atomic E-state index is 0.245. The molecule has 3 rings (SSSR count). The average Bonchev–Trinajstić information content (AvgIpc) is 2.80. The standard InChI is InChI=1S/C24H19Cl2N3O4/c1-15-4-2-3-5-19(15)24(32)33-18-9-6-16(7-10-18)13-28-29-22(30)14-27-23(31)17-8-11-20(25)21(26)12-17/h2-13H,14H2,1H3,(H,27,31)(H,29,30)/b28-13+. The number of rotatable bonds is 7. The summed E-state index contributed by atoms with van der Waals surface area (Å²) in [4.78, 5) is 36.2. The molecule has 0 fully saturated rings. The van der Waals surface area contributed by atoms with Crippen LogP contribution in [0.1, 0.15) is 31.8 Å². The van der Waals surface area contributed by atoms with Crippen LogP contribution in [0, 0.1) is 6.92 Å². The molecule has 0 bridgehead atoms. The van der Waals surface area contributed by atoms with Crippen LogP contribution in [0.5, 0.6) is 5.75 Å². The maximum absolute atomic E-state index is 12.3. The van der Waals surface area contributed by atoms with E-state index in [-0.39, 0.29) is 17.1 Å². The molecule has 0 heterocycles. The first-order chi connectivity index (χ1) is 15.8. The molecule has 0 atom stereocenters. The Balaban J connectivity index is 1.46. The number of nitrogens with one attached hydrogen (secondary N) is 2. The van der Waals surface area contributed by atoms with Gasteiger partial charge < -0.3 is 10.1 Å². The van der Waals surface area contributed by atoms with Crippen molar-refractivity contribution in [1.29, 1.82) is 0 Å². The summed E-state index contributed by atoms with van der Waals surface area (Å²) in [6, 6.07) is 18.2. The van der Waals surface area contributed by atoms with E-state index >= 15 is 0 Å². The van der Waals surface area contributed by atoms with Gasteiger partial charge in [-0.15, -0.1) is 0 Å². The zero-order valence-electron chi connectivity index (χ0n) is 17.5. The summed E-state index contributed by atoms with van der Waals surface area (Å²) in [6.07, 6.45) is 1.42. The van der Waals surface area contributed by atoms with Crippen LogP contribution < -0.4 is 15.5 Å². The van der Waals surface area contributed by atoms with Crippen LogP contribution in [0.4, 0.5) is 0 Å². The zero-order chi connectivity index (χ0) is 23.8. The fraction of sp³-hybridized carbons (Fsp3) is 0.0833. The van der Waals surface area contributed by atoms with Crippen LogP contribution in [0.3, 0.4) is 0 Å². The molecule has 0 aromatic heterocycles. The van der Waals surface area contributed by atoms with E-state index in [1.54, 1.807) is 36.4 Å². The molecule has 0 spiro atoms. The first-order valence-electron chi connectivity index (χ1n) is 9.76. The Bertz CT molecular complexity index is 1210. The van der Waals surface area contributed by atoms with Crippen molar-refractivity contribution in [2.75, 3.05) is 6.54 Å². The second kappa shape index (κ2) is 11.3. The Kier molecular flexibility index (Phi) is 8.18. The molecule has 0 aliphatic carbocycles. The summed E-state index contributed by atoms with van der Waals surface area (Å²) in [7, 11) is 0. The Labute approximate surface area is 200 Å². The lowest BCUT2D eigenvalue weighted by molar-refractivity contribution is -0.120. The first kappa shape index (κ1) is 24.0. The predicted octanol–water partition coefficient (Wildman–Crippen LogP) is 4.40. The van der Waals surface area contributed by atoms with Crippen LogP contribution in [-0.2, 0) is 4.79 Å². The number of hydrazone groups is 1. The van der Waals surface area contributed by atoms with Gasteiger partial charge in [0.15, 0.2) is 0 Å². The lowest BCUT2D eigenvalue weighted by Gasteiger charge is -2.07. The molecule has 0 aliphatic rings. The van der Waals surface area contributed by atoms with Crippen LogP contribution >= 0.6 is 23.2 Å². The number of benzene rings is 3. The highest BCUT2D eigenvalue weighted by Crippen LogP contribution is 2.22. The lowest BCUT2D eigenvalue weighted by Crippen LogP contribution is -2.34. The van der Waals surface area contributed by atoms with Crippen LogP contribution in [0.15, 0.2) is 71.8 Å². The molecule has 9 heteroatoms. The normalized spacial score (nSPS) is 10.6. The van der Waals surface area contributed by atoms with E-state index in [4.69, 9.17) is 27.9 Å². The van der Waals surface area contributed by atoms with Gasteiger partial charge in [0, 0.05) is 5.56 Å². The third-order valence-corrected chi connectivity index (χ3v) is 5.19. The summed E-state index contributed by atoms with van der Waals surface area (Å²) in [5.41, 5.74) is 4.60. The third kappa shape index (κ3) is 6.90. The maximum Gasteiger partial charge on any atom is 0.343 e. The number of halogens is 2. The molecule has 3 aromatic carbocycles. The highest BCUT2D eigenvalue weighted by molar-refractivity contribution is 6.42. The number of nitrogens with zero attached hydrogens (tertiary/aromatic N) is 1. The second-order valence-electron chi connectivity index (χ2n) is 6.88. The number of hydrogen-bond acceptors (Lipinski definition) is 5. The van der Waals surface area contributed by atoms with Crippen molar-refractivity contribution >= 4 is 47.2 Å². The Morgan fingerprint density at radius 3 is 2.39 bits per heavy atom. The van der Waals surface area contributed by atoms with Gasteiger partial charge in [-0.2, -0.15) is 5.10 Å². The van der Waals surface area contributed by atoms with Gasteiger partial charge in [0.25, 0.3) is 11.8 Å². The smallest absolute Gasteiger partial charge is 0.343 e. The Morgan fingerprint density at radius 1 is 0.970 bits per heavy atom. The molecule has 3 aromatic rings. The third-order valence-electron chi connectivity index (χ3n) is 4.45. The molecule has 2 N–H and O–H groups in total. The van der Waals surface area contributed by atoms with Gasteiger partial charge in [-0.05, 0) is 66.6 Å². The number of amides is 2. The van der Waals surface area contributed by atoms with Gasteiger partial charge in [0.05, 0.1) is 28.4 Å². The van der Waals surface area contributed by atoms with Crippen molar-refractivity contribution in [1.82, 2.24) is 10.7 Å². The number of ether oxygens (including phenoxy) is 1. The summed E-state index contributed by atoms with van der Waals surface area (Å²) >= 11 is 11.7. The number of carbonyl (C=O) groups excluding carboxylic acids is 3. The average molecular weight is 484 g/mol. The molecule has 7 nitrogen and oxygen atoms in total. The van der Waals surface area contributed by atoms with E-state index in [1.165, 1.54) is 24.4 Å². The van der Waals surface area contributed by atoms with Gasteiger partial charge in [-0.3, -0.25) is 9.59 Å². The van der Waals surface area contributed by atoms with E-state index in [1.807, 2.05) is 19.1 Å². The molecule has 0 radical (unpaired) electrons. The fourth-order valence-electron chi connectivity index (χ4n) is 2.70. The van der Waals surface area contributed by atoms with Crippen LogP contribution in [0.25, 0.3) is 0 Å². The summed E-state index contributed by atoms with van der Waals surface area (Å²) < 4.78 is 5.37. The Hall–Kier alpha value is -3.68. The van der Waals surface area contributed by atoms with E-state index < -0.39 is 17.8 Å². The van der Waals surface area contributed by atoms with Crippen molar-refractivity contribution < 1.29 is 19.1 Å². The monoisotopic (exact) mass is 483 g/mol. The van der Waals surface area contributed by atoms with Crippen molar-refractivity contribution in [3.05, 3.63) is 99.0 Å². The molecule has 0 aliphatic heterocycles. The number of carbonyl (C=O) groups is 3. The van der Waals surface area contributed by atoms with Crippen molar-refractivity contribution in [3.8, 4) is 5.75 Å². The molecular formula is C24H19Cl2N3O4. The van der Waals surface area contributed by atoms with E-state index in [9.17, 15) is 14.4 Å². The molecule has 168 valence electrons. The maximum atomic E-state index is 12.3. The molecule has 0 saturated heterocycles. The van der Waals surface area contributed by atoms with Crippen molar-refractivity contribution in [2.45, 2.75) is 6.92 Å². The van der Waals surface area contributed by atoms with E-state index in [0.717, 1.165) is 5.56 Å². The molecule has 0 unspecified atom stereocenters. The first-order valence-corrected chi connectivity index (χ1v) is 10.5. The van der Waals surface area contributed by atoms with Gasteiger partial charge in [0.1, 0.15) is 5.75 Å². The van der Waals surface area contributed by atoms with Crippen LogP contribution in [0.2, 0.25) is 10.0 Å². The summed E-state index contributed by atoms with van der Waals surface area (Å²) in [5.74, 6) is -1.04. The van der Waals surface area contributed by atoms with E-state index in [2.05, 4.69) is 15.8 Å². The highest BCUT2D eigenvalue weighted by Gasteiger charge is 2.11. The van der Waals surface area contributed by atoms with E-state index in [0.29, 0.717) is 21.9 Å². The zero-order valence-corrected chi connectivity index (χ0v) is 19.0. The number of esters is 1. The number of hydrogen-bond donors (Lipinski definition) is 2. The minimum Gasteiger partial charge on any atom is -0.423 e. The topological polar surface area (TPSA) is 96.9 Å². The Morgan fingerprint density at radius 2 is 1.70 bits per heavy atom. The van der Waals surface area contributed by atoms with Crippen molar-refractivity contribution in [3.63, 3.8) is 0 Å². The van der Waals surface area contributed by atoms with Gasteiger partial charge in [0.2, 0.25) is 0 Å².